The molecule has 0 saturated carbocycles. The number of non-ortho nitro benzene ring substituents is 1. The molecule has 0 spiro atoms. The summed E-state index contributed by atoms with van der Waals surface area (Å²) in [5.74, 6) is 0.719. The van der Waals surface area contributed by atoms with Crippen LogP contribution in [-0.4, -0.2) is 46.1 Å². The number of benzene rings is 3. The van der Waals surface area contributed by atoms with Gasteiger partial charge in [-0.05, 0) is 48.5 Å². The number of rotatable bonds is 11. The van der Waals surface area contributed by atoms with E-state index in [1.165, 1.54) is 36.4 Å². The average molecular weight is 486 g/mol. The second-order valence-corrected chi connectivity index (χ2v) is 8.83. The van der Waals surface area contributed by atoms with Gasteiger partial charge in [0.15, 0.2) is 0 Å². The molecule has 0 atom stereocenters. The van der Waals surface area contributed by atoms with Crippen LogP contribution >= 0.6 is 0 Å². The minimum Gasteiger partial charge on any atom is -0.497 e. The molecule has 0 aromatic heterocycles. The Labute approximate surface area is 196 Å². The van der Waals surface area contributed by atoms with Crippen molar-refractivity contribution in [2.75, 3.05) is 31.1 Å². The van der Waals surface area contributed by atoms with Crippen LogP contribution in [0.25, 0.3) is 0 Å². The van der Waals surface area contributed by atoms with Gasteiger partial charge in [-0.2, -0.15) is 0 Å². The SMILES string of the molecule is COc1ccc(OCCNC(=O)CN(c2ccc([N+](=O)[O-])cc2)S(=O)(=O)c2ccccc2)cc1. The summed E-state index contributed by atoms with van der Waals surface area (Å²) in [5, 5.41) is 13.6. The van der Waals surface area contributed by atoms with Crippen LogP contribution in [0.4, 0.5) is 11.4 Å². The number of carbonyl (C=O) groups excluding carboxylic acids is 1. The summed E-state index contributed by atoms with van der Waals surface area (Å²) in [5.41, 5.74) is -0.0694. The molecule has 1 N–H and O–H groups in total. The van der Waals surface area contributed by atoms with Crippen molar-refractivity contribution in [3.63, 3.8) is 0 Å². The maximum absolute atomic E-state index is 13.2. The zero-order valence-corrected chi connectivity index (χ0v) is 19.1. The molecular formula is C23H23N3O7S. The predicted octanol–water partition coefficient (Wildman–Crippen LogP) is 2.99. The molecule has 178 valence electrons. The molecule has 3 rings (SSSR count). The summed E-state index contributed by atoms with van der Waals surface area (Å²) in [6.07, 6.45) is 0. The van der Waals surface area contributed by atoms with Crippen molar-refractivity contribution in [2.24, 2.45) is 0 Å². The quantitative estimate of drug-likeness (QED) is 0.251. The summed E-state index contributed by atoms with van der Waals surface area (Å²) in [7, 11) is -2.54. The number of anilines is 1. The van der Waals surface area contributed by atoms with E-state index in [0.29, 0.717) is 11.5 Å². The van der Waals surface area contributed by atoms with E-state index >= 15 is 0 Å². The van der Waals surface area contributed by atoms with Gasteiger partial charge in [0.2, 0.25) is 5.91 Å². The molecule has 0 bridgehead atoms. The Morgan fingerprint density at radius 1 is 0.971 bits per heavy atom. The molecule has 3 aromatic carbocycles. The van der Waals surface area contributed by atoms with E-state index in [1.807, 2.05) is 0 Å². The second-order valence-electron chi connectivity index (χ2n) is 6.97. The molecule has 0 radical (unpaired) electrons. The van der Waals surface area contributed by atoms with Crippen LogP contribution in [0.15, 0.2) is 83.8 Å². The van der Waals surface area contributed by atoms with Gasteiger partial charge in [0.25, 0.3) is 15.7 Å². The van der Waals surface area contributed by atoms with Crippen LogP contribution < -0.4 is 19.1 Å². The molecule has 3 aromatic rings. The number of nitro benzene ring substituents is 1. The second kappa shape index (κ2) is 11.1. The van der Waals surface area contributed by atoms with Crippen molar-refractivity contribution in [3.8, 4) is 11.5 Å². The summed E-state index contributed by atoms with van der Waals surface area (Å²) >= 11 is 0. The highest BCUT2D eigenvalue weighted by Gasteiger charge is 2.27. The molecule has 0 unspecified atom stereocenters. The smallest absolute Gasteiger partial charge is 0.269 e. The highest BCUT2D eigenvalue weighted by Crippen LogP contribution is 2.25. The lowest BCUT2D eigenvalue weighted by Gasteiger charge is -2.24. The molecule has 1 amide bonds. The van der Waals surface area contributed by atoms with E-state index in [2.05, 4.69) is 5.32 Å². The number of methoxy groups -OCH3 is 1. The van der Waals surface area contributed by atoms with E-state index in [9.17, 15) is 23.3 Å². The van der Waals surface area contributed by atoms with Gasteiger partial charge in [0, 0.05) is 12.1 Å². The predicted molar refractivity (Wildman–Crippen MR) is 126 cm³/mol. The van der Waals surface area contributed by atoms with Gasteiger partial charge < -0.3 is 14.8 Å². The molecule has 0 aliphatic carbocycles. The molecule has 0 heterocycles. The van der Waals surface area contributed by atoms with Gasteiger partial charge in [0.05, 0.1) is 29.2 Å². The molecule has 34 heavy (non-hydrogen) atoms. The third-order valence-corrected chi connectivity index (χ3v) is 6.51. The highest BCUT2D eigenvalue weighted by molar-refractivity contribution is 7.92. The van der Waals surface area contributed by atoms with Crippen molar-refractivity contribution >= 4 is 27.3 Å². The van der Waals surface area contributed by atoms with Gasteiger partial charge >= 0.3 is 0 Å². The Morgan fingerprint density at radius 3 is 2.18 bits per heavy atom. The monoisotopic (exact) mass is 485 g/mol. The maximum Gasteiger partial charge on any atom is 0.269 e. The van der Waals surface area contributed by atoms with E-state index in [4.69, 9.17) is 9.47 Å². The minimum absolute atomic E-state index is 0.0102. The lowest BCUT2D eigenvalue weighted by molar-refractivity contribution is -0.384. The Bertz CT molecular complexity index is 1220. The van der Waals surface area contributed by atoms with Crippen LogP contribution in [-0.2, 0) is 14.8 Å². The van der Waals surface area contributed by atoms with Crippen molar-refractivity contribution in [2.45, 2.75) is 4.90 Å². The van der Waals surface area contributed by atoms with Gasteiger partial charge in [-0.25, -0.2) is 8.42 Å². The van der Waals surface area contributed by atoms with Crippen molar-refractivity contribution in [1.29, 1.82) is 0 Å². The largest absolute Gasteiger partial charge is 0.497 e. The molecule has 0 saturated heterocycles. The first-order valence-corrected chi connectivity index (χ1v) is 11.6. The molecule has 0 fully saturated rings. The van der Waals surface area contributed by atoms with Crippen molar-refractivity contribution in [3.05, 3.63) is 89.0 Å². The van der Waals surface area contributed by atoms with Crippen molar-refractivity contribution in [1.82, 2.24) is 5.32 Å². The summed E-state index contributed by atoms with van der Waals surface area (Å²) in [6.45, 7) is -0.205. The zero-order valence-electron chi connectivity index (χ0n) is 18.3. The first kappa shape index (κ1) is 24.5. The lowest BCUT2D eigenvalue weighted by Crippen LogP contribution is -2.41. The lowest BCUT2D eigenvalue weighted by atomic mass is 10.3. The number of amides is 1. The molecule has 10 nitrogen and oxygen atoms in total. The number of hydrogen-bond donors (Lipinski definition) is 1. The Kier molecular flexibility index (Phi) is 8.04. The third kappa shape index (κ3) is 6.23. The number of hydrogen-bond acceptors (Lipinski definition) is 7. The topological polar surface area (TPSA) is 128 Å². The van der Waals surface area contributed by atoms with E-state index in [1.54, 1.807) is 49.6 Å². The first-order valence-electron chi connectivity index (χ1n) is 10.2. The van der Waals surface area contributed by atoms with E-state index < -0.39 is 27.4 Å². The maximum atomic E-state index is 13.2. The number of sulfonamides is 1. The Balaban J connectivity index is 1.69. The summed E-state index contributed by atoms with van der Waals surface area (Å²) in [6, 6.07) is 19.5. The van der Waals surface area contributed by atoms with Crippen molar-refractivity contribution < 1.29 is 27.6 Å². The number of nitrogens with zero attached hydrogens (tertiary/aromatic N) is 2. The fourth-order valence-electron chi connectivity index (χ4n) is 2.99. The number of ether oxygens (including phenoxy) is 2. The first-order chi connectivity index (χ1) is 16.3. The van der Waals surface area contributed by atoms with E-state index in [-0.39, 0.29) is 29.4 Å². The van der Waals surface area contributed by atoms with Crippen LogP contribution in [0.3, 0.4) is 0 Å². The van der Waals surface area contributed by atoms with E-state index in [0.717, 1.165) is 4.31 Å². The van der Waals surface area contributed by atoms with Crippen LogP contribution in [0.1, 0.15) is 0 Å². The summed E-state index contributed by atoms with van der Waals surface area (Å²) in [4.78, 5) is 22.9. The van der Waals surface area contributed by atoms with Gasteiger partial charge in [-0.1, -0.05) is 18.2 Å². The number of nitro groups is 1. The molecule has 11 heteroatoms. The molecule has 0 aliphatic rings. The summed E-state index contributed by atoms with van der Waals surface area (Å²) < 4.78 is 38.0. The van der Waals surface area contributed by atoms with Crippen LogP contribution in [0.2, 0.25) is 0 Å². The third-order valence-electron chi connectivity index (χ3n) is 4.72. The fraction of sp³-hybridized carbons (Fsp3) is 0.174. The zero-order chi connectivity index (χ0) is 24.6. The number of nitrogens with one attached hydrogen (secondary N) is 1. The number of carbonyl (C=O) groups is 1. The van der Waals surface area contributed by atoms with Crippen LogP contribution in [0, 0.1) is 10.1 Å². The molecular weight excluding hydrogens is 462 g/mol. The van der Waals surface area contributed by atoms with Gasteiger partial charge in [-0.3, -0.25) is 19.2 Å². The normalized spacial score (nSPS) is 10.9. The highest BCUT2D eigenvalue weighted by atomic mass is 32.2. The average Bonchev–Trinajstić information content (AvgIpc) is 2.86. The molecule has 0 aliphatic heterocycles. The minimum atomic E-state index is -4.10. The fourth-order valence-corrected chi connectivity index (χ4v) is 4.43. The van der Waals surface area contributed by atoms with Gasteiger partial charge in [0.1, 0.15) is 24.7 Å². The van der Waals surface area contributed by atoms with Gasteiger partial charge in [-0.15, -0.1) is 0 Å². The Morgan fingerprint density at radius 2 is 1.59 bits per heavy atom. The van der Waals surface area contributed by atoms with Crippen LogP contribution in [0.5, 0.6) is 11.5 Å². The Hall–Kier alpha value is -4.12. The standard InChI is InChI=1S/C23H23N3O7S/c1-32-20-11-13-21(14-12-20)33-16-15-24-23(27)17-25(18-7-9-19(10-8-18)26(28)29)34(30,31)22-5-3-2-4-6-22/h2-14H,15-17H2,1H3,(H,24,27).